The number of carbonyl (C=O) groups excluding carboxylic acids is 1. The highest BCUT2D eigenvalue weighted by Crippen LogP contribution is 2.22. The SMILES string of the molecule is COC(=O)C(Nc1ccc(N)c(N)n1)c1ccccc1. The van der Waals surface area contributed by atoms with Crippen LogP contribution in [-0.2, 0) is 9.53 Å². The molecule has 0 bridgehead atoms. The molecule has 0 radical (unpaired) electrons. The zero-order chi connectivity index (χ0) is 14.5. The second kappa shape index (κ2) is 5.92. The fourth-order valence-electron chi connectivity index (χ4n) is 1.76. The van der Waals surface area contributed by atoms with E-state index >= 15 is 0 Å². The Hall–Kier alpha value is -2.76. The van der Waals surface area contributed by atoms with E-state index in [1.807, 2.05) is 30.3 Å². The summed E-state index contributed by atoms with van der Waals surface area (Å²) in [5.41, 5.74) is 12.4. The number of hydrogen-bond acceptors (Lipinski definition) is 6. The maximum atomic E-state index is 11.9. The molecule has 0 saturated carbocycles. The van der Waals surface area contributed by atoms with E-state index in [2.05, 4.69) is 10.3 Å². The quantitative estimate of drug-likeness (QED) is 0.730. The zero-order valence-corrected chi connectivity index (χ0v) is 11.0. The molecular formula is C14H16N4O2. The number of hydrogen-bond donors (Lipinski definition) is 3. The number of ether oxygens (including phenoxy) is 1. The number of nitrogens with zero attached hydrogens (tertiary/aromatic N) is 1. The zero-order valence-electron chi connectivity index (χ0n) is 11.0. The van der Waals surface area contributed by atoms with E-state index in [1.165, 1.54) is 7.11 Å². The van der Waals surface area contributed by atoms with Gasteiger partial charge < -0.3 is 21.5 Å². The predicted octanol–water partition coefficient (Wildman–Crippen LogP) is 1.57. The van der Waals surface area contributed by atoms with Crippen molar-refractivity contribution >= 4 is 23.3 Å². The Labute approximate surface area is 116 Å². The second-order valence-electron chi connectivity index (χ2n) is 4.18. The van der Waals surface area contributed by atoms with Gasteiger partial charge in [-0.05, 0) is 17.7 Å². The van der Waals surface area contributed by atoms with E-state index in [4.69, 9.17) is 16.2 Å². The van der Waals surface area contributed by atoms with Crippen LogP contribution in [0, 0.1) is 0 Å². The first-order chi connectivity index (χ1) is 9.61. The van der Waals surface area contributed by atoms with Crippen molar-refractivity contribution in [3.8, 4) is 0 Å². The number of anilines is 3. The molecule has 6 heteroatoms. The normalized spacial score (nSPS) is 11.7. The summed E-state index contributed by atoms with van der Waals surface area (Å²) >= 11 is 0. The van der Waals surface area contributed by atoms with Crippen molar-refractivity contribution in [2.45, 2.75) is 6.04 Å². The van der Waals surface area contributed by atoms with Crippen molar-refractivity contribution in [1.29, 1.82) is 0 Å². The summed E-state index contributed by atoms with van der Waals surface area (Å²) in [6.07, 6.45) is 0. The lowest BCUT2D eigenvalue weighted by Crippen LogP contribution is -2.23. The number of nitrogens with one attached hydrogen (secondary N) is 1. The fourth-order valence-corrected chi connectivity index (χ4v) is 1.76. The van der Waals surface area contributed by atoms with Gasteiger partial charge in [-0.2, -0.15) is 0 Å². The van der Waals surface area contributed by atoms with Gasteiger partial charge in [-0.1, -0.05) is 30.3 Å². The monoisotopic (exact) mass is 272 g/mol. The molecular weight excluding hydrogens is 256 g/mol. The smallest absolute Gasteiger partial charge is 0.333 e. The number of pyridine rings is 1. The van der Waals surface area contributed by atoms with Crippen LogP contribution >= 0.6 is 0 Å². The summed E-state index contributed by atoms with van der Waals surface area (Å²) in [4.78, 5) is 16.0. The standard InChI is InChI=1S/C14H16N4O2/c1-20-14(19)12(9-5-3-2-4-6-9)17-11-8-7-10(15)13(16)18-11/h2-8,12H,15H2,1H3,(H3,16,17,18). The third kappa shape index (κ3) is 2.97. The van der Waals surface area contributed by atoms with Crippen molar-refractivity contribution < 1.29 is 9.53 Å². The molecule has 20 heavy (non-hydrogen) atoms. The van der Waals surface area contributed by atoms with Gasteiger partial charge >= 0.3 is 5.97 Å². The molecule has 0 aliphatic rings. The van der Waals surface area contributed by atoms with Crippen molar-refractivity contribution in [3.05, 3.63) is 48.0 Å². The average Bonchev–Trinajstić information content (AvgIpc) is 2.48. The molecule has 0 fully saturated rings. The minimum Gasteiger partial charge on any atom is -0.467 e. The minimum absolute atomic E-state index is 0.215. The van der Waals surface area contributed by atoms with E-state index in [1.54, 1.807) is 12.1 Å². The van der Waals surface area contributed by atoms with Gasteiger partial charge in [-0.3, -0.25) is 0 Å². The maximum absolute atomic E-state index is 11.9. The molecule has 2 aromatic rings. The highest BCUT2D eigenvalue weighted by molar-refractivity contribution is 5.81. The molecule has 2 rings (SSSR count). The van der Waals surface area contributed by atoms with Crippen molar-refractivity contribution in [3.63, 3.8) is 0 Å². The Morgan fingerprint density at radius 3 is 2.50 bits per heavy atom. The summed E-state index contributed by atoms with van der Waals surface area (Å²) < 4.78 is 4.81. The molecule has 1 atom stereocenters. The molecule has 5 N–H and O–H groups in total. The molecule has 1 aromatic heterocycles. The number of benzene rings is 1. The van der Waals surface area contributed by atoms with Crippen molar-refractivity contribution in [1.82, 2.24) is 4.98 Å². The Bertz CT molecular complexity index is 601. The van der Waals surface area contributed by atoms with E-state index in [0.29, 0.717) is 11.5 Å². The first-order valence-electron chi connectivity index (χ1n) is 6.03. The van der Waals surface area contributed by atoms with Crippen LogP contribution in [0.25, 0.3) is 0 Å². The first kappa shape index (κ1) is 13.7. The Morgan fingerprint density at radius 2 is 1.90 bits per heavy atom. The third-order valence-electron chi connectivity index (χ3n) is 2.82. The predicted molar refractivity (Wildman–Crippen MR) is 77.9 cm³/mol. The molecule has 0 aliphatic heterocycles. The van der Waals surface area contributed by atoms with E-state index in [9.17, 15) is 4.79 Å². The van der Waals surface area contributed by atoms with Crippen molar-refractivity contribution in [2.75, 3.05) is 23.9 Å². The van der Waals surface area contributed by atoms with Gasteiger partial charge in [0.1, 0.15) is 11.6 Å². The van der Waals surface area contributed by atoms with Crippen LogP contribution in [0.2, 0.25) is 0 Å². The fraction of sp³-hybridized carbons (Fsp3) is 0.143. The molecule has 0 saturated heterocycles. The molecule has 1 unspecified atom stereocenters. The number of aromatic nitrogens is 1. The van der Waals surface area contributed by atoms with Crippen LogP contribution < -0.4 is 16.8 Å². The molecule has 0 aliphatic carbocycles. The lowest BCUT2D eigenvalue weighted by molar-refractivity contribution is -0.141. The third-order valence-corrected chi connectivity index (χ3v) is 2.82. The summed E-state index contributed by atoms with van der Waals surface area (Å²) in [5, 5.41) is 2.99. The van der Waals surface area contributed by atoms with Gasteiger partial charge in [0.15, 0.2) is 6.04 Å². The summed E-state index contributed by atoms with van der Waals surface area (Å²) in [7, 11) is 1.34. The van der Waals surface area contributed by atoms with E-state index < -0.39 is 12.0 Å². The molecule has 6 nitrogen and oxygen atoms in total. The topological polar surface area (TPSA) is 103 Å². The number of nitrogens with two attached hydrogens (primary N) is 2. The lowest BCUT2D eigenvalue weighted by atomic mass is 10.1. The van der Waals surface area contributed by atoms with Gasteiger partial charge in [-0.25, -0.2) is 9.78 Å². The Morgan fingerprint density at radius 1 is 1.20 bits per heavy atom. The average molecular weight is 272 g/mol. The largest absolute Gasteiger partial charge is 0.467 e. The molecule has 1 aromatic carbocycles. The highest BCUT2D eigenvalue weighted by atomic mass is 16.5. The van der Waals surface area contributed by atoms with Crippen LogP contribution in [0.5, 0.6) is 0 Å². The van der Waals surface area contributed by atoms with Crippen molar-refractivity contribution in [2.24, 2.45) is 0 Å². The molecule has 0 amide bonds. The second-order valence-corrected chi connectivity index (χ2v) is 4.18. The summed E-state index contributed by atoms with van der Waals surface area (Å²) in [6.45, 7) is 0. The van der Waals surface area contributed by atoms with Crippen LogP contribution in [0.15, 0.2) is 42.5 Å². The summed E-state index contributed by atoms with van der Waals surface area (Å²) in [5.74, 6) is 0.260. The Balaban J connectivity index is 2.28. The number of nitrogen functional groups attached to an aromatic ring is 2. The van der Waals surface area contributed by atoms with E-state index in [-0.39, 0.29) is 5.82 Å². The summed E-state index contributed by atoms with van der Waals surface area (Å²) in [6, 6.07) is 11.8. The van der Waals surface area contributed by atoms with Gasteiger partial charge in [0.2, 0.25) is 0 Å². The van der Waals surface area contributed by atoms with Gasteiger partial charge in [0.25, 0.3) is 0 Å². The van der Waals surface area contributed by atoms with Crippen LogP contribution in [0.4, 0.5) is 17.3 Å². The molecule has 104 valence electrons. The van der Waals surface area contributed by atoms with E-state index in [0.717, 1.165) is 5.56 Å². The molecule has 1 heterocycles. The highest BCUT2D eigenvalue weighted by Gasteiger charge is 2.21. The van der Waals surface area contributed by atoms with Crippen LogP contribution in [-0.4, -0.2) is 18.1 Å². The number of methoxy groups -OCH3 is 1. The minimum atomic E-state index is -0.656. The number of carbonyl (C=O) groups is 1. The number of rotatable bonds is 4. The van der Waals surface area contributed by atoms with Gasteiger partial charge in [0, 0.05) is 0 Å². The lowest BCUT2D eigenvalue weighted by Gasteiger charge is -2.17. The van der Waals surface area contributed by atoms with Crippen LogP contribution in [0.3, 0.4) is 0 Å². The number of esters is 1. The van der Waals surface area contributed by atoms with Crippen LogP contribution in [0.1, 0.15) is 11.6 Å². The molecule has 0 spiro atoms. The van der Waals surface area contributed by atoms with Gasteiger partial charge in [-0.15, -0.1) is 0 Å². The maximum Gasteiger partial charge on any atom is 0.333 e. The Kier molecular flexibility index (Phi) is 4.05. The van der Waals surface area contributed by atoms with Gasteiger partial charge in [0.05, 0.1) is 12.8 Å². The first-order valence-corrected chi connectivity index (χ1v) is 6.03.